The molecule has 1 saturated heterocycles. The van der Waals surface area contributed by atoms with E-state index in [1.54, 1.807) is 0 Å². The number of nitrogens with one attached hydrogen (secondary N) is 1. The number of nitrogens with zero attached hydrogens (tertiary/aromatic N) is 1. The van der Waals surface area contributed by atoms with Gasteiger partial charge >= 0.3 is 0 Å². The predicted molar refractivity (Wildman–Crippen MR) is 94.4 cm³/mol. The molecule has 0 saturated carbocycles. The largest absolute Gasteiger partial charge is 0.492 e. The third kappa shape index (κ3) is 6.88. The molecular weight excluding hydrogens is 307 g/mol. The van der Waals surface area contributed by atoms with Crippen molar-refractivity contribution < 1.29 is 4.74 Å². The van der Waals surface area contributed by atoms with Crippen LogP contribution in [0.4, 0.5) is 0 Å². The van der Waals surface area contributed by atoms with Crippen LogP contribution >= 0.6 is 24.8 Å². The van der Waals surface area contributed by atoms with E-state index in [0.717, 1.165) is 45.1 Å². The van der Waals surface area contributed by atoms with Crippen molar-refractivity contribution in [1.82, 2.24) is 10.2 Å². The molecule has 3 nitrogen and oxygen atoms in total. The van der Waals surface area contributed by atoms with Gasteiger partial charge in [-0.05, 0) is 23.1 Å². The lowest BCUT2D eigenvalue weighted by molar-refractivity contribution is 0.191. The zero-order valence-corrected chi connectivity index (χ0v) is 14.9. The molecule has 21 heavy (non-hydrogen) atoms. The lowest BCUT2D eigenvalue weighted by atomic mass is 9.87. The van der Waals surface area contributed by atoms with E-state index in [9.17, 15) is 0 Å². The van der Waals surface area contributed by atoms with Gasteiger partial charge in [0.15, 0.2) is 0 Å². The molecule has 1 aromatic carbocycles. The summed E-state index contributed by atoms with van der Waals surface area (Å²) < 4.78 is 5.81. The maximum Gasteiger partial charge on any atom is 0.119 e. The van der Waals surface area contributed by atoms with Gasteiger partial charge in [0.1, 0.15) is 12.4 Å². The lowest BCUT2D eigenvalue weighted by Crippen LogP contribution is -2.44. The van der Waals surface area contributed by atoms with Crippen LogP contribution in [0.1, 0.15) is 26.3 Å². The summed E-state index contributed by atoms with van der Waals surface area (Å²) >= 11 is 0. The summed E-state index contributed by atoms with van der Waals surface area (Å²) in [5, 5.41) is 3.36. The molecule has 2 rings (SSSR count). The summed E-state index contributed by atoms with van der Waals surface area (Å²) in [6.45, 7) is 12.9. The highest BCUT2D eigenvalue weighted by molar-refractivity contribution is 5.85. The van der Waals surface area contributed by atoms with Crippen molar-refractivity contribution in [3.8, 4) is 5.75 Å². The monoisotopic (exact) mass is 334 g/mol. The molecule has 0 spiro atoms. The van der Waals surface area contributed by atoms with Crippen molar-refractivity contribution in [2.75, 3.05) is 39.3 Å². The summed E-state index contributed by atoms with van der Waals surface area (Å²) in [5.41, 5.74) is 1.56. The zero-order valence-electron chi connectivity index (χ0n) is 13.2. The summed E-state index contributed by atoms with van der Waals surface area (Å²) in [4.78, 5) is 2.44. The van der Waals surface area contributed by atoms with E-state index in [2.05, 4.69) is 55.3 Å². The molecule has 5 heteroatoms. The minimum absolute atomic E-state index is 0. The van der Waals surface area contributed by atoms with Crippen LogP contribution in [0.2, 0.25) is 0 Å². The second-order valence-electron chi connectivity index (χ2n) is 6.21. The summed E-state index contributed by atoms with van der Waals surface area (Å²) in [6.07, 6.45) is 0. The van der Waals surface area contributed by atoms with Crippen LogP contribution in [-0.2, 0) is 5.41 Å². The Bertz CT molecular complexity index is 384. The first-order chi connectivity index (χ1) is 9.05. The van der Waals surface area contributed by atoms with Gasteiger partial charge in [-0.1, -0.05) is 32.9 Å². The SMILES string of the molecule is CC(C)(C)c1ccc(OCCN2CCNCC2)cc1.Cl.Cl. The highest BCUT2D eigenvalue weighted by Gasteiger charge is 2.13. The normalized spacial score (nSPS) is 15.8. The fraction of sp³-hybridized carbons (Fsp3) is 0.625. The molecule has 0 aliphatic carbocycles. The fourth-order valence-corrected chi connectivity index (χ4v) is 2.28. The van der Waals surface area contributed by atoms with Crippen molar-refractivity contribution in [3.05, 3.63) is 29.8 Å². The maximum absolute atomic E-state index is 5.81. The molecule has 1 aromatic rings. The van der Waals surface area contributed by atoms with Crippen LogP contribution in [0, 0.1) is 0 Å². The quantitative estimate of drug-likeness (QED) is 0.915. The molecular formula is C16H28Cl2N2O. The molecule has 1 heterocycles. The van der Waals surface area contributed by atoms with Crippen LogP contribution in [0.5, 0.6) is 5.75 Å². The number of rotatable bonds is 4. The third-order valence-corrected chi connectivity index (χ3v) is 3.61. The minimum atomic E-state index is 0. The molecule has 0 aromatic heterocycles. The van der Waals surface area contributed by atoms with Crippen molar-refractivity contribution in [2.45, 2.75) is 26.2 Å². The number of halogens is 2. The molecule has 0 unspecified atom stereocenters. The van der Waals surface area contributed by atoms with Crippen LogP contribution in [0.25, 0.3) is 0 Å². The number of piperazine rings is 1. The highest BCUT2D eigenvalue weighted by Crippen LogP contribution is 2.24. The molecule has 1 aliphatic heterocycles. The first-order valence-corrected chi connectivity index (χ1v) is 7.22. The zero-order chi connectivity index (χ0) is 13.7. The van der Waals surface area contributed by atoms with Crippen LogP contribution in [0.15, 0.2) is 24.3 Å². The smallest absolute Gasteiger partial charge is 0.119 e. The number of hydrogen-bond donors (Lipinski definition) is 1. The van der Waals surface area contributed by atoms with Crippen molar-refractivity contribution in [3.63, 3.8) is 0 Å². The van der Waals surface area contributed by atoms with Gasteiger partial charge in [-0.2, -0.15) is 0 Å². The van der Waals surface area contributed by atoms with Gasteiger partial charge in [0.05, 0.1) is 0 Å². The molecule has 0 radical (unpaired) electrons. The standard InChI is InChI=1S/C16H26N2O.2ClH/c1-16(2,3)14-4-6-15(7-5-14)19-13-12-18-10-8-17-9-11-18;;/h4-7,17H,8-13H2,1-3H3;2*1H. The van der Waals surface area contributed by atoms with Crippen LogP contribution < -0.4 is 10.1 Å². The van der Waals surface area contributed by atoms with E-state index < -0.39 is 0 Å². The maximum atomic E-state index is 5.81. The first kappa shape index (κ1) is 20.5. The summed E-state index contributed by atoms with van der Waals surface area (Å²) in [6, 6.07) is 8.50. The van der Waals surface area contributed by atoms with E-state index in [4.69, 9.17) is 4.74 Å². The summed E-state index contributed by atoms with van der Waals surface area (Å²) in [5.74, 6) is 0.975. The topological polar surface area (TPSA) is 24.5 Å². The van der Waals surface area contributed by atoms with Crippen molar-refractivity contribution in [1.29, 1.82) is 0 Å². The number of hydrogen-bond acceptors (Lipinski definition) is 3. The number of ether oxygens (including phenoxy) is 1. The fourth-order valence-electron chi connectivity index (χ4n) is 2.28. The Kier molecular flexibility index (Phi) is 9.30. The van der Waals surface area contributed by atoms with Crippen molar-refractivity contribution in [2.24, 2.45) is 0 Å². The van der Waals surface area contributed by atoms with Gasteiger partial charge in [-0.25, -0.2) is 0 Å². The van der Waals surface area contributed by atoms with Crippen molar-refractivity contribution >= 4 is 24.8 Å². The average molecular weight is 335 g/mol. The van der Waals surface area contributed by atoms with Gasteiger partial charge in [-0.3, -0.25) is 4.90 Å². The van der Waals surface area contributed by atoms with Gasteiger partial charge in [-0.15, -0.1) is 24.8 Å². The third-order valence-electron chi connectivity index (χ3n) is 3.61. The second-order valence-corrected chi connectivity index (χ2v) is 6.21. The van der Waals surface area contributed by atoms with E-state index in [0.29, 0.717) is 0 Å². The Morgan fingerprint density at radius 1 is 1.05 bits per heavy atom. The molecule has 0 bridgehead atoms. The van der Waals surface area contributed by atoms with E-state index in [1.165, 1.54) is 5.56 Å². The van der Waals surface area contributed by atoms with Crippen LogP contribution in [0.3, 0.4) is 0 Å². The van der Waals surface area contributed by atoms with E-state index in [1.807, 2.05) is 0 Å². The lowest BCUT2D eigenvalue weighted by Gasteiger charge is -2.27. The van der Waals surface area contributed by atoms with Gasteiger partial charge < -0.3 is 10.1 Å². The van der Waals surface area contributed by atoms with Crippen LogP contribution in [-0.4, -0.2) is 44.2 Å². The van der Waals surface area contributed by atoms with E-state index in [-0.39, 0.29) is 30.2 Å². The minimum Gasteiger partial charge on any atom is -0.492 e. The summed E-state index contributed by atoms with van der Waals surface area (Å²) in [7, 11) is 0. The van der Waals surface area contributed by atoms with Gasteiger partial charge in [0.2, 0.25) is 0 Å². The Morgan fingerprint density at radius 3 is 2.14 bits per heavy atom. The molecule has 1 fully saturated rings. The molecule has 0 amide bonds. The highest BCUT2D eigenvalue weighted by atomic mass is 35.5. The second kappa shape index (κ2) is 9.52. The molecule has 0 atom stereocenters. The predicted octanol–water partition coefficient (Wildman–Crippen LogP) is 3.11. The Morgan fingerprint density at radius 2 is 1.62 bits per heavy atom. The number of benzene rings is 1. The average Bonchev–Trinajstić information content (AvgIpc) is 2.39. The first-order valence-electron chi connectivity index (χ1n) is 7.22. The molecule has 1 N–H and O–H groups in total. The van der Waals surface area contributed by atoms with Gasteiger partial charge in [0, 0.05) is 32.7 Å². The Labute approximate surface area is 141 Å². The molecule has 122 valence electrons. The Balaban J connectivity index is 0.00000200. The van der Waals surface area contributed by atoms with Gasteiger partial charge in [0.25, 0.3) is 0 Å². The van der Waals surface area contributed by atoms with E-state index >= 15 is 0 Å². The molecule has 1 aliphatic rings. The Hall–Kier alpha value is -0.480.